The number of nitrogens with zero attached hydrogens (tertiary/aromatic N) is 1. The van der Waals surface area contributed by atoms with Gasteiger partial charge in [0, 0.05) is 0 Å². The number of nitrogens with one attached hydrogen (secondary N) is 1. The normalized spacial score (nSPS) is 11.8. The molecule has 1 aromatic heterocycles. The molecule has 1 unspecified atom stereocenters. The number of fused-ring (bicyclic) bond motifs is 1. The molecule has 0 aliphatic rings. The highest BCUT2D eigenvalue weighted by atomic mass is 32.1. The molecule has 6 heteroatoms. The average Bonchev–Trinajstić information content (AvgIpc) is 3.18. The number of carbonyl (C=O) groups is 1. The minimum Gasteiger partial charge on any atom is -0.492 e. The number of thiazole rings is 1. The van der Waals surface area contributed by atoms with Gasteiger partial charge in [0.2, 0.25) is 0 Å². The first-order chi connectivity index (χ1) is 14.6. The van der Waals surface area contributed by atoms with Crippen LogP contribution < -0.4 is 14.8 Å². The predicted octanol–water partition coefficient (Wildman–Crippen LogP) is 5.77. The van der Waals surface area contributed by atoms with Crippen LogP contribution in [0.25, 0.3) is 21.3 Å². The van der Waals surface area contributed by atoms with E-state index in [4.69, 9.17) is 9.47 Å². The Hall–Kier alpha value is -3.38. The van der Waals surface area contributed by atoms with E-state index >= 15 is 0 Å². The molecule has 5 nitrogen and oxygen atoms in total. The SMILES string of the molecule is CCOc1cccc2sc(NC(=O)C(C)Oc3ccc(-c4ccccc4)cc3)nc12. The van der Waals surface area contributed by atoms with E-state index in [1.807, 2.05) is 67.6 Å². The Morgan fingerprint density at radius 2 is 1.73 bits per heavy atom. The molecule has 0 spiro atoms. The van der Waals surface area contributed by atoms with Gasteiger partial charge in [-0.2, -0.15) is 0 Å². The standard InChI is InChI=1S/C24H22N2O3S/c1-3-28-20-10-7-11-21-22(20)25-24(30-21)26-23(27)16(2)29-19-14-12-18(13-15-19)17-8-5-4-6-9-17/h4-16H,3H2,1-2H3,(H,25,26,27). The molecule has 0 fully saturated rings. The summed E-state index contributed by atoms with van der Waals surface area (Å²) in [6.45, 7) is 4.21. The zero-order chi connectivity index (χ0) is 20.9. The van der Waals surface area contributed by atoms with E-state index in [1.54, 1.807) is 6.92 Å². The molecule has 4 rings (SSSR count). The molecule has 0 saturated carbocycles. The fourth-order valence-electron chi connectivity index (χ4n) is 3.07. The Morgan fingerprint density at radius 1 is 1.00 bits per heavy atom. The highest BCUT2D eigenvalue weighted by Gasteiger charge is 2.18. The Balaban J connectivity index is 1.41. The van der Waals surface area contributed by atoms with E-state index in [9.17, 15) is 4.79 Å². The molecule has 0 saturated heterocycles. The first kappa shape index (κ1) is 19.9. The van der Waals surface area contributed by atoms with Gasteiger partial charge >= 0.3 is 0 Å². The third-order valence-electron chi connectivity index (χ3n) is 4.56. The number of carbonyl (C=O) groups excluding carboxylic acids is 1. The maximum Gasteiger partial charge on any atom is 0.266 e. The summed E-state index contributed by atoms with van der Waals surface area (Å²) in [5.41, 5.74) is 2.99. The first-order valence-corrected chi connectivity index (χ1v) is 10.6. The summed E-state index contributed by atoms with van der Waals surface area (Å²) in [6, 6.07) is 23.6. The lowest BCUT2D eigenvalue weighted by atomic mass is 10.1. The average molecular weight is 419 g/mol. The lowest BCUT2D eigenvalue weighted by Gasteiger charge is -2.14. The van der Waals surface area contributed by atoms with Gasteiger partial charge in [0.05, 0.1) is 11.3 Å². The van der Waals surface area contributed by atoms with Crippen LogP contribution in [0.3, 0.4) is 0 Å². The molecule has 1 amide bonds. The van der Waals surface area contributed by atoms with Crippen LogP contribution >= 0.6 is 11.3 Å². The van der Waals surface area contributed by atoms with Gasteiger partial charge in [0.15, 0.2) is 11.2 Å². The second kappa shape index (κ2) is 8.97. The molecule has 0 radical (unpaired) electrons. The molecule has 3 aromatic carbocycles. The third kappa shape index (κ3) is 4.44. The number of rotatable bonds is 7. The fraction of sp³-hybridized carbons (Fsp3) is 0.167. The molecule has 0 aliphatic heterocycles. The number of ether oxygens (including phenoxy) is 2. The van der Waals surface area contributed by atoms with Crippen molar-refractivity contribution >= 4 is 32.6 Å². The maximum atomic E-state index is 12.6. The summed E-state index contributed by atoms with van der Waals surface area (Å²) in [4.78, 5) is 17.1. The molecular formula is C24H22N2O3S. The topological polar surface area (TPSA) is 60.5 Å². The number of benzene rings is 3. The van der Waals surface area contributed by atoms with Crippen LogP contribution in [-0.2, 0) is 4.79 Å². The molecule has 0 bridgehead atoms. The van der Waals surface area contributed by atoms with Gasteiger partial charge in [0.1, 0.15) is 17.0 Å². The highest BCUT2D eigenvalue weighted by Crippen LogP contribution is 2.32. The lowest BCUT2D eigenvalue weighted by Crippen LogP contribution is -2.30. The molecule has 1 atom stereocenters. The summed E-state index contributed by atoms with van der Waals surface area (Å²) in [5, 5.41) is 3.37. The van der Waals surface area contributed by atoms with E-state index in [0.717, 1.165) is 27.1 Å². The van der Waals surface area contributed by atoms with Crippen molar-refractivity contribution in [2.24, 2.45) is 0 Å². The summed E-state index contributed by atoms with van der Waals surface area (Å²) < 4.78 is 12.4. The van der Waals surface area contributed by atoms with Gasteiger partial charge in [-0.3, -0.25) is 10.1 Å². The summed E-state index contributed by atoms with van der Waals surface area (Å²) in [5.74, 6) is 1.11. The Labute approximate surface area is 179 Å². The summed E-state index contributed by atoms with van der Waals surface area (Å²) >= 11 is 1.41. The van der Waals surface area contributed by atoms with Crippen molar-refractivity contribution in [1.82, 2.24) is 4.98 Å². The van der Waals surface area contributed by atoms with Crippen molar-refractivity contribution in [3.63, 3.8) is 0 Å². The largest absolute Gasteiger partial charge is 0.492 e. The van der Waals surface area contributed by atoms with Crippen LogP contribution in [0.15, 0.2) is 72.8 Å². The second-order valence-corrected chi connectivity index (χ2v) is 7.73. The van der Waals surface area contributed by atoms with Crippen molar-refractivity contribution in [3.8, 4) is 22.6 Å². The van der Waals surface area contributed by atoms with Gasteiger partial charge in [-0.25, -0.2) is 4.98 Å². The monoisotopic (exact) mass is 418 g/mol. The van der Waals surface area contributed by atoms with Gasteiger partial charge < -0.3 is 9.47 Å². The Bertz CT molecular complexity index is 1140. The van der Waals surface area contributed by atoms with Crippen molar-refractivity contribution in [2.75, 3.05) is 11.9 Å². The minimum absolute atomic E-state index is 0.251. The van der Waals surface area contributed by atoms with Gasteiger partial charge in [-0.05, 0) is 49.2 Å². The Kier molecular flexibility index (Phi) is 5.95. The van der Waals surface area contributed by atoms with Gasteiger partial charge in [-0.15, -0.1) is 0 Å². The third-order valence-corrected chi connectivity index (χ3v) is 5.49. The molecule has 1 N–H and O–H groups in total. The van der Waals surface area contributed by atoms with Gasteiger partial charge in [-0.1, -0.05) is 59.9 Å². The Morgan fingerprint density at radius 3 is 2.47 bits per heavy atom. The summed E-state index contributed by atoms with van der Waals surface area (Å²) in [7, 11) is 0. The van der Waals surface area contributed by atoms with E-state index in [-0.39, 0.29) is 5.91 Å². The molecule has 30 heavy (non-hydrogen) atoms. The second-order valence-electron chi connectivity index (χ2n) is 6.69. The number of anilines is 1. The van der Waals surface area contributed by atoms with Crippen LogP contribution in [0.5, 0.6) is 11.5 Å². The number of hydrogen-bond acceptors (Lipinski definition) is 5. The molecule has 152 valence electrons. The molecule has 0 aliphatic carbocycles. The van der Waals surface area contributed by atoms with Crippen LogP contribution in [0.1, 0.15) is 13.8 Å². The van der Waals surface area contributed by atoms with Crippen molar-refractivity contribution in [3.05, 3.63) is 72.8 Å². The van der Waals surface area contributed by atoms with E-state index < -0.39 is 6.10 Å². The molecule has 1 heterocycles. The molecule has 4 aromatic rings. The van der Waals surface area contributed by atoms with E-state index in [0.29, 0.717) is 17.5 Å². The van der Waals surface area contributed by atoms with Crippen molar-refractivity contribution in [1.29, 1.82) is 0 Å². The zero-order valence-electron chi connectivity index (χ0n) is 16.8. The number of hydrogen-bond donors (Lipinski definition) is 1. The number of aromatic nitrogens is 1. The zero-order valence-corrected chi connectivity index (χ0v) is 17.6. The maximum absolute atomic E-state index is 12.6. The number of amides is 1. The minimum atomic E-state index is -0.661. The summed E-state index contributed by atoms with van der Waals surface area (Å²) in [6.07, 6.45) is -0.661. The fourth-order valence-corrected chi connectivity index (χ4v) is 3.96. The first-order valence-electron chi connectivity index (χ1n) is 9.79. The van der Waals surface area contributed by atoms with Crippen LogP contribution in [-0.4, -0.2) is 23.6 Å². The quantitative estimate of drug-likeness (QED) is 0.414. The van der Waals surface area contributed by atoms with Crippen LogP contribution in [0.2, 0.25) is 0 Å². The lowest BCUT2D eigenvalue weighted by molar-refractivity contribution is -0.122. The van der Waals surface area contributed by atoms with Crippen molar-refractivity contribution in [2.45, 2.75) is 20.0 Å². The smallest absolute Gasteiger partial charge is 0.266 e. The van der Waals surface area contributed by atoms with Gasteiger partial charge in [0.25, 0.3) is 5.91 Å². The van der Waals surface area contributed by atoms with E-state index in [2.05, 4.69) is 22.4 Å². The highest BCUT2D eigenvalue weighted by molar-refractivity contribution is 7.22. The number of para-hydroxylation sites is 1. The predicted molar refractivity (Wildman–Crippen MR) is 121 cm³/mol. The molecular weight excluding hydrogens is 396 g/mol. The van der Waals surface area contributed by atoms with E-state index in [1.165, 1.54) is 11.3 Å². The van der Waals surface area contributed by atoms with Crippen molar-refractivity contribution < 1.29 is 14.3 Å². The van der Waals surface area contributed by atoms with Crippen LogP contribution in [0.4, 0.5) is 5.13 Å². The van der Waals surface area contributed by atoms with Crippen LogP contribution in [0, 0.1) is 0 Å².